The normalized spacial score (nSPS) is 16.4. The summed E-state index contributed by atoms with van der Waals surface area (Å²) in [5.74, 6) is -1.35. The molecule has 0 aromatic carbocycles. The van der Waals surface area contributed by atoms with Crippen molar-refractivity contribution in [1.29, 1.82) is 0 Å². The number of aromatic nitrogens is 2. The van der Waals surface area contributed by atoms with E-state index >= 15 is 0 Å². The highest BCUT2D eigenvalue weighted by atomic mass is 16.6. The van der Waals surface area contributed by atoms with Crippen molar-refractivity contribution in [2.75, 3.05) is 7.11 Å². The minimum Gasteiger partial charge on any atom is -0.467 e. The lowest BCUT2D eigenvalue weighted by atomic mass is 9.81. The van der Waals surface area contributed by atoms with Crippen LogP contribution in [0.5, 0.6) is 0 Å². The van der Waals surface area contributed by atoms with E-state index in [1.165, 1.54) is 24.1 Å². The van der Waals surface area contributed by atoms with Gasteiger partial charge in [-0.2, -0.15) is 0 Å². The van der Waals surface area contributed by atoms with Gasteiger partial charge < -0.3 is 30.2 Å². The fraction of sp³-hybridized carbons (Fsp3) is 0.714. The van der Waals surface area contributed by atoms with Crippen LogP contribution in [0.25, 0.3) is 0 Å². The van der Waals surface area contributed by atoms with Crippen LogP contribution >= 0.6 is 0 Å². The van der Waals surface area contributed by atoms with Crippen LogP contribution < -0.4 is 10.6 Å². The first kappa shape index (κ1) is 26.1. The van der Waals surface area contributed by atoms with Crippen LogP contribution in [0.1, 0.15) is 65.7 Å². The van der Waals surface area contributed by atoms with E-state index in [2.05, 4.69) is 15.6 Å². The summed E-state index contributed by atoms with van der Waals surface area (Å²) in [7, 11) is 1.28. The largest absolute Gasteiger partial charge is 0.467 e. The Bertz CT molecular complexity index is 855. The molecule has 1 fully saturated rings. The number of nitro groups is 1. The minimum absolute atomic E-state index is 0.164. The number of rotatable bonds is 9. The summed E-state index contributed by atoms with van der Waals surface area (Å²) in [6.07, 6.45) is 5.91. The summed E-state index contributed by atoms with van der Waals surface area (Å²) in [5.41, 5.74) is -1.90. The molecule has 0 spiro atoms. The lowest BCUT2D eigenvalue weighted by Gasteiger charge is -2.36. The maximum absolute atomic E-state index is 13.2. The van der Waals surface area contributed by atoms with Crippen LogP contribution in [0.4, 0.5) is 10.7 Å². The van der Waals surface area contributed by atoms with Crippen LogP contribution in [0.2, 0.25) is 0 Å². The number of carbonyl (C=O) groups excluding carboxylic acids is 3. The minimum atomic E-state index is -1.14. The molecule has 0 radical (unpaired) electrons. The third kappa shape index (κ3) is 7.43. The van der Waals surface area contributed by atoms with Crippen LogP contribution in [-0.4, -0.2) is 56.7 Å². The van der Waals surface area contributed by atoms with Gasteiger partial charge >= 0.3 is 18.0 Å². The summed E-state index contributed by atoms with van der Waals surface area (Å²) in [6.45, 7) is 5.33. The number of carbonyl (C=O) groups is 3. The SMILES string of the molecule is COC(=O)C1(NC(=O)[C@H](CCCn2ccnc2[N+](=O)[O-])NC(=O)OC(C)(C)C)CCCCC1. The first-order valence-electron chi connectivity index (χ1n) is 11.0. The zero-order chi connectivity index (χ0) is 24.6. The van der Waals surface area contributed by atoms with Crippen LogP contribution in [-0.2, 0) is 25.6 Å². The Labute approximate surface area is 192 Å². The van der Waals surface area contributed by atoms with Gasteiger partial charge in [-0.1, -0.05) is 24.2 Å². The molecule has 0 saturated heterocycles. The lowest BCUT2D eigenvalue weighted by Crippen LogP contribution is -2.60. The van der Waals surface area contributed by atoms with Crippen molar-refractivity contribution >= 4 is 23.9 Å². The Morgan fingerprint density at radius 3 is 2.52 bits per heavy atom. The van der Waals surface area contributed by atoms with Gasteiger partial charge in [-0.05, 0) is 51.4 Å². The van der Waals surface area contributed by atoms with E-state index in [4.69, 9.17) is 9.47 Å². The third-order valence-electron chi connectivity index (χ3n) is 5.40. The third-order valence-corrected chi connectivity index (χ3v) is 5.40. The molecule has 1 atom stereocenters. The molecule has 0 unspecified atom stereocenters. The van der Waals surface area contributed by atoms with Gasteiger partial charge in [-0.3, -0.25) is 4.79 Å². The standard InChI is InChI=1S/C21H33N5O7/c1-20(2,3)33-19(29)23-15(9-8-13-25-14-12-22-18(25)26(30)31)16(27)24-21(17(28)32-4)10-6-5-7-11-21/h12,14-15H,5-11,13H2,1-4H3,(H,23,29)(H,24,27)/t15-/m0/s1. The topological polar surface area (TPSA) is 155 Å². The number of imidazole rings is 1. The summed E-state index contributed by atoms with van der Waals surface area (Å²) < 4.78 is 11.6. The molecule has 1 aromatic heterocycles. The van der Waals surface area contributed by atoms with Crippen molar-refractivity contribution in [3.63, 3.8) is 0 Å². The van der Waals surface area contributed by atoms with E-state index in [-0.39, 0.29) is 18.9 Å². The fourth-order valence-electron chi connectivity index (χ4n) is 3.89. The second-order valence-electron chi connectivity index (χ2n) is 9.14. The molecule has 0 aliphatic heterocycles. The summed E-state index contributed by atoms with van der Waals surface area (Å²) in [4.78, 5) is 52.2. The molecule has 1 heterocycles. The Hall–Kier alpha value is -3.18. The Balaban J connectivity index is 2.13. The molecular formula is C21H33N5O7. The molecule has 2 N–H and O–H groups in total. The number of alkyl carbamates (subject to hydrolysis) is 1. The van der Waals surface area contributed by atoms with Crippen molar-refractivity contribution < 1.29 is 28.8 Å². The molecule has 12 nitrogen and oxygen atoms in total. The predicted octanol–water partition coefficient (Wildman–Crippen LogP) is 2.46. The Morgan fingerprint density at radius 2 is 1.94 bits per heavy atom. The number of esters is 1. The van der Waals surface area contributed by atoms with Crippen molar-refractivity contribution in [2.24, 2.45) is 0 Å². The number of ether oxygens (including phenoxy) is 2. The van der Waals surface area contributed by atoms with Gasteiger partial charge in [0.2, 0.25) is 5.91 Å². The van der Waals surface area contributed by atoms with Crippen LogP contribution in [0, 0.1) is 10.1 Å². The van der Waals surface area contributed by atoms with Crippen molar-refractivity contribution in [1.82, 2.24) is 20.2 Å². The molecule has 2 amide bonds. The fourth-order valence-corrected chi connectivity index (χ4v) is 3.89. The Kier molecular flexibility index (Phi) is 8.77. The number of aryl methyl sites for hydroxylation is 1. The number of hydrogen-bond acceptors (Lipinski definition) is 8. The molecule has 184 valence electrons. The van der Waals surface area contributed by atoms with E-state index < -0.39 is 40.1 Å². The summed E-state index contributed by atoms with van der Waals surface area (Å²) in [5, 5.41) is 16.4. The van der Waals surface area contributed by atoms with Crippen molar-refractivity contribution in [2.45, 2.75) is 89.4 Å². The maximum atomic E-state index is 13.2. The molecule has 1 aliphatic rings. The van der Waals surface area contributed by atoms with Gasteiger partial charge in [0.25, 0.3) is 0 Å². The highest BCUT2D eigenvalue weighted by Gasteiger charge is 2.43. The molecule has 12 heteroatoms. The van der Waals surface area contributed by atoms with E-state index in [9.17, 15) is 24.5 Å². The molecule has 1 saturated carbocycles. The van der Waals surface area contributed by atoms with Crippen molar-refractivity contribution in [3.05, 3.63) is 22.5 Å². The predicted molar refractivity (Wildman–Crippen MR) is 117 cm³/mol. The van der Waals surface area contributed by atoms with Gasteiger partial charge in [-0.25, -0.2) is 14.2 Å². The molecule has 1 aromatic rings. The average Bonchev–Trinajstić information content (AvgIpc) is 3.20. The van der Waals surface area contributed by atoms with Gasteiger partial charge in [0, 0.05) is 0 Å². The molecular weight excluding hydrogens is 434 g/mol. The van der Waals surface area contributed by atoms with Crippen LogP contribution in [0.15, 0.2) is 12.4 Å². The lowest BCUT2D eigenvalue weighted by molar-refractivity contribution is -0.396. The van der Waals surface area contributed by atoms with Gasteiger partial charge in [0.05, 0.1) is 13.7 Å². The van der Waals surface area contributed by atoms with Gasteiger partial charge in [-0.15, -0.1) is 0 Å². The second kappa shape index (κ2) is 11.1. The molecule has 33 heavy (non-hydrogen) atoms. The zero-order valence-electron chi connectivity index (χ0n) is 19.6. The summed E-state index contributed by atoms with van der Waals surface area (Å²) >= 11 is 0. The second-order valence-corrected chi connectivity index (χ2v) is 9.14. The van der Waals surface area contributed by atoms with E-state index in [1.54, 1.807) is 20.8 Å². The number of nitrogens with zero attached hydrogens (tertiary/aromatic N) is 3. The highest BCUT2D eigenvalue weighted by molar-refractivity contribution is 5.92. The smallest absolute Gasteiger partial charge is 0.434 e. The quantitative estimate of drug-likeness (QED) is 0.319. The van der Waals surface area contributed by atoms with E-state index in [0.29, 0.717) is 19.3 Å². The average molecular weight is 468 g/mol. The highest BCUT2D eigenvalue weighted by Crippen LogP contribution is 2.29. The van der Waals surface area contributed by atoms with Crippen LogP contribution in [0.3, 0.4) is 0 Å². The maximum Gasteiger partial charge on any atom is 0.434 e. The zero-order valence-corrected chi connectivity index (χ0v) is 19.6. The molecule has 1 aliphatic carbocycles. The van der Waals surface area contributed by atoms with Crippen molar-refractivity contribution in [3.8, 4) is 0 Å². The van der Waals surface area contributed by atoms with Gasteiger partial charge in [0.1, 0.15) is 29.6 Å². The first-order valence-corrected chi connectivity index (χ1v) is 11.0. The Morgan fingerprint density at radius 1 is 1.27 bits per heavy atom. The molecule has 0 bridgehead atoms. The monoisotopic (exact) mass is 467 g/mol. The number of amides is 2. The summed E-state index contributed by atoms with van der Waals surface area (Å²) in [6, 6.07) is -1.01. The number of nitrogens with one attached hydrogen (secondary N) is 2. The first-order chi connectivity index (χ1) is 15.5. The van der Waals surface area contributed by atoms with Gasteiger partial charge in [0.15, 0.2) is 0 Å². The number of methoxy groups -OCH3 is 1. The van der Waals surface area contributed by atoms with E-state index in [0.717, 1.165) is 19.3 Å². The molecule has 2 rings (SSSR count). The number of hydrogen-bond donors (Lipinski definition) is 2. The van der Waals surface area contributed by atoms with E-state index in [1.807, 2.05) is 0 Å².